The van der Waals surface area contributed by atoms with Crippen molar-refractivity contribution in [3.63, 3.8) is 0 Å². The van der Waals surface area contributed by atoms with Crippen molar-refractivity contribution >= 4 is 21.0 Å². The number of fused-ring (bicyclic) bond motifs is 1. The van der Waals surface area contributed by atoms with Crippen LogP contribution in [0.25, 0.3) is 11.2 Å². The van der Waals surface area contributed by atoms with Crippen LogP contribution in [-0.4, -0.2) is 46.2 Å². The van der Waals surface area contributed by atoms with Crippen LogP contribution < -0.4 is 0 Å². The maximum atomic E-state index is 11.9. The molecule has 1 atom stereocenters. The van der Waals surface area contributed by atoms with E-state index in [9.17, 15) is 8.42 Å². The van der Waals surface area contributed by atoms with Gasteiger partial charge in [0.1, 0.15) is 11.3 Å². The van der Waals surface area contributed by atoms with E-state index >= 15 is 0 Å². The van der Waals surface area contributed by atoms with E-state index in [2.05, 4.69) is 9.97 Å². The number of aromatic nitrogens is 3. The van der Waals surface area contributed by atoms with Gasteiger partial charge < -0.3 is 9.67 Å². The molecule has 0 bridgehead atoms. The van der Waals surface area contributed by atoms with Gasteiger partial charge >= 0.3 is 0 Å². The van der Waals surface area contributed by atoms with Gasteiger partial charge in [-0.3, -0.25) is 0 Å². The molecule has 0 aliphatic carbocycles. The molecule has 0 radical (unpaired) electrons. The van der Waals surface area contributed by atoms with Crippen molar-refractivity contribution in [3.8, 4) is 0 Å². The van der Waals surface area contributed by atoms with Gasteiger partial charge in [-0.1, -0.05) is 0 Å². The minimum Gasteiger partial charge on any atom is -0.396 e. The molecule has 1 aliphatic rings. The summed E-state index contributed by atoms with van der Waals surface area (Å²) in [5.41, 5.74) is 1.53. The quantitative estimate of drug-likeness (QED) is 0.914. The van der Waals surface area contributed by atoms with Crippen molar-refractivity contribution in [2.75, 3.05) is 18.1 Å². The van der Waals surface area contributed by atoms with Crippen LogP contribution in [0.4, 0.5) is 0 Å². The van der Waals surface area contributed by atoms with Gasteiger partial charge in [-0.25, -0.2) is 18.4 Å². The fourth-order valence-electron chi connectivity index (χ4n) is 2.98. The van der Waals surface area contributed by atoms with Gasteiger partial charge in [0, 0.05) is 19.2 Å². The summed E-state index contributed by atoms with van der Waals surface area (Å²) < 4.78 is 25.8. The van der Waals surface area contributed by atoms with Crippen LogP contribution in [0.2, 0.25) is 0 Å². The molecule has 2 aromatic heterocycles. The van der Waals surface area contributed by atoms with Crippen molar-refractivity contribution in [1.29, 1.82) is 0 Å². The van der Waals surface area contributed by atoms with Gasteiger partial charge in [0.15, 0.2) is 15.5 Å². The molecule has 0 saturated carbocycles. The first-order valence-corrected chi connectivity index (χ1v) is 9.06. The largest absolute Gasteiger partial charge is 0.396 e. The Hall–Kier alpha value is -1.47. The molecule has 0 aromatic carbocycles. The van der Waals surface area contributed by atoms with E-state index < -0.39 is 9.84 Å². The van der Waals surface area contributed by atoms with Crippen LogP contribution in [0.3, 0.4) is 0 Å². The Labute approximate surface area is 123 Å². The Morgan fingerprint density at radius 3 is 3.05 bits per heavy atom. The summed E-state index contributed by atoms with van der Waals surface area (Å²) in [6.45, 7) is 0.0968. The summed E-state index contributed by atoms with van der Waals surface area (Å²) in [5.74, 6) is 1.25. The lowest BCUT2D eigenvalue weighted by Crippen LogP contribution is -2.28. The molecule has 1 N–H and O–H groups in total. The van der Waals surface area contributed by atoms with Crippen molar-refractivity contribution in [3.05, 3.63) is 24.2 Å². The average molecular weight is 309 g/mol. The number of nitrogens with zero attached hydrogens (tertiary/aromatic N) is 3. The molecule has 2 aromatic rings. The number of hydrogen-bond acceptors (Lipinski definition) is 5. The number of aliphatic hydroxyl groups is 1. The fourth-order valence-corrected chi connectivity index (χ4v) is 4.65. The van der Waals surface area contributed by atoms with Gasteiger partial charge in [-0.15, -0.1) is 0 Å². The number of hydrogen-bond donors (Lipinski definition) is 1. The van der Waals surface area contributed by atoms with Crippen LogP contribution in [0.5, 0.6) is 0 Å². The topological polar surface area (TPSA) is 85.1 Å². The van der Waals surface area contributed by atoms with Crippen LogP contribution >= 0.6 is 0 Å². The fraction of sp³-hybridized carbons (Fsp3) is 0.571. The zero-order chi connectivity index (χ0) is 14.9. The predicted octanol–water partition coefficient (Wildman–Crippen LogP) is 1.11. The lowest BCUT2D eigenvalue weighted by atomic mass is 10.1. The number of sulfone groups is 1. The number of aryl methyl sites for hydroxylation is 1. The van der Waals surface area contributed by atoms with E-state index in [0.717, 1.165) is 23.4 Å². The molecule has 3 rings (SSSR count). The van der Waals surface area contributed by atoms with E-state index in [0.29, 0.717) is 19.3 Å². The highest BCUT2D eigenvalue weighted by molar-refractivity contribution is 7.91. The van der Waals surface area contributed by atoms with Gasteiger partial charge in [0.2, 0.25) is 0 Å². The first-order valence-electron chi connectivity index (χ1n) is 7.24. The highest BCUT2D eigenvalue weighted by atomic mass is 32.2. The summed E-state index contributed by atoms with van der Waals surface area (Å²) in [5, 5.41) is 9.04. The minimum atomic E-state index is -2.99. The molecule has 114 valence electrons. The Balaban J connectivity index is 2.06. The number of pyridine rings is 1. The molecular formula is C14H19N3O3S. The summed E-state index contributed by atoms with van der Waals surface area (Å²) in [6.07, 6.45) is 4.45. The van der Waals surface area contributed by atoms with Gasteiger partial charge in [0.25, 0.3) is 0 Å². The van der Waals surface area contributed by atoms with Crippen LogP contribution in [0.15, 0.2) is 18.3 Å². The zero-order valence-corrected chi connectivity index (χ0v) is 12.6. The van der Waals surface area contributed by atoms with Gasteiger partial charge in [-0.05, 0) is 31.4 Å². The van der Waals surface area contributed by atoms with E-state index in [1.165, 1.54) is 0 Å². The third-order valence-corrected chi connectivity index (χ3v) is 5.69. The highest BCUT2D eigenvalue weighted by Crippen LogP contribution is 2.28. The molecule has 21 heavy (non-hydrogen) atoms. The Morgan fingerprint density at radius 2 is 2.29 bits per heavy atom. The van der Waals surface area contributed by atoms with E-state index in [4.69, 9.17) is 5.11 Å². The Morgan fingerprint density at radius 1 is 1.43 bits per heavy atom. The smallest absolute Gasteiger partial charge is 0.160 e. The van der Waals surface area contributed by atoms with E-state index in [1.54, 1.807) is 6.20 Å². The first kappa shape index (κ1) is 14.5. The van der Waals surface area contributed by atoms with Crippen LogP contribution in [0, 0.1) is 0 Å². The maximum Gasteiger partial charge on any atom is 0.160 e. The maximum absolute atomic E-state index is 11.9. The second-order valence-corrected chi connectivity index (χ2v) is 7.71. The molecular weight excluding hydrogens is 290 g/mol. The average Bonchev–Trinajstić information content (AvgIpc) is 2.82. The predicted molar refractivity (Wildman–Crippen MR) is 79.9 cm³/mol. The van der Waals surface area contributed by atoms with Crippen molar-refractivity contribution in [2.45, 2.75) is 31.7 Å². The highest BCUT2D eigenvalue weighted by Gasteiger charge is 2.29. The molecule has 6 nitrogen and oxygen atoms in total. The molecule has 0 amide bonds. The zero-order valence-electron chi connectivity index (χ0n) is 11.8. The minimum absolute atomic E-state index is 0.0968. The Kier molecular flexibility index (Phi) is 3.95. The van der Waals surface area contributed by atoms with Gasteiger partial charge in [-0.2, -0.15) is 0 Å². The second kappa shape index (κ2) is 5.73. The van der Waals surface area contributed by atoms with Crippen molar-refractivity contribution in [1.82, 2.24) is 14.5 Å². The Bertz CT molecular complexity index is 739. The number of imidazole rings is 1. The molecule has 1 fully saturated rings. The summed E-state index contributed by atoms with van der Waals surface area (Å²) in [7, 11) is -2.99. The number of rotatable bonds is 4. The van der Waals surface area contributed by atoms with Gasteiger partial charge in [0.05, 0.1) is 17.5 Å². The summed E-state index contributed by atoms with van der Waals surface area (Å²) >= 11 is 0. The third-order valence-electron chi connectivity index (χ3n) is 3.88. The van der Waals surface area contributed by atoms with Crippen LogP contribution in [0.1, 0.15) is 31.1 Å². The second-order valence-electron chi connectivity index (χ2n) is 5.48. The normalized spacial score (nSPS) is 21.7. The molecule has 1 unspecified atom stereocenters. The summed E-state index contributed by atoms with van der Waals surface area (Å²) in [4.78, 5) is 8.94. The van der Waals surface area contributed by atoms with Crippen molar-refractivity contribution in [2.24, 2.45) is 0 Å². The van der Waals surface area contributed by atoms with E-state index in [-0.39, 0.29) is 24.2 Å². The lowest BCUT2D eigenvalue weighted by molar-refractivity contribution is 0.286. The first-order chi connectivity index (χ1) is 10.1. The third kappa shape index (κ3) is 2.94. The SMILES string of the molecule is O=S1(=O)CCCC(n2c(CCCO)nc3cccnc32)C1. The monoisotopic (exact) mass is 309 g/mol. The van der Waals surface area contributed by atoms with E-state index in [1.807, 2.05) is 16.7 Å². The molecule has 0 spiro atoms. The lowest BCUT2D eigenvalue weighted by Gasteiger charge is -2.25. The molecule has 1 saturated heterocycles. The number of aliphatic hydroxyl groups excluding tert-OH is 1. The standard InChI is InChI=1S/C14H19N3O3S/c18-8-2-6-13-16-12-5-1-7-15-14(12)17(13)11-4-3-9-21(19,20)10-11/h1,5,7,11,18H,2-4,6,8-10H2. The molecule has 3 heterocycles. The van der Waals surface area contributed by atoms with Crippen molar-refractivity contribution < 1.29 is 13.5 Å². The molecule has 1 aliphatic heterocycles. The summed E-state index contributed by atoms with van der Waals surface area (Å²) in [6, 6.07) is 3.61. The molecule has 7 heteroatoms. The van der Waals surface area contributed by atoms with Crippen LogP contribution in [-0.2, 0) is 16.3 Å².